The second-order valence-electron chi connectivity index (χ2n) is 3.85. The SMILES string of the molecule is O=c1nc(NC2CC2)c2cccnc2n1O. The molecule has 1 saturated carbocycles. The normalized spacial score (nSPS) is 15.2. The monoisotopic (exact) mass is 218 g/mol. The molecular formula is C10H10N4O2. The van der Waals surface area contributed by atoms with Crippen molar-refractivity contribution in [2.24, 2.45) is 0 Å². The van der Waals surface area contributed by atoms with E-state index in [4.69, 9.17) is 0 Å². The van der Waals surface area contributed by atoms with Gasteiger partial charge in [0.15, 0.2) is 5.65 Å². The fraction of sp³-hybridized carbons (Fsp3) is 0.300. The zero-order chi connectivity index (χ0) is 11.1. The molecule has 0 aliphatic heterocycles. The molecule has 2 aromatic heterocycles. The number of hydrogen-bond acceptors (Lipinski definition) is 5. The molecule has 2 aromatic rings. The minimum atomic E-state index is -0.714. The maximum atomic E-state index is 11.4. The molecule has 16 heavy (non-hydrogen) atoms. The van der Waals surface area contributed by atoms with Crippen LogP contribution in [-0.2, 0) is 0 Å². The fourth-order valence-corrected chi connectivity index (χ4v) is 1.58. The molecule has 6 nitrogen and oxygen atoms in total. The quantitative estimate of drug-likeness (QED) is 0.721. The van der Waals surface area contributed by atoms with Gasteiger partial charge in [-0.05, 0) is 25.0 Å². The van der Waals surface area contributed by atoms with E-state index in [0.29, 0.717) is 22.0 Å². The average molecular weight is 218 g/mol. The van der Waals surface area contributed by atoms with Crippen molar-refractivity contribution in [3.63, 3.8) is 0 Å². The van der Waals surface area contributed by atoms with Crippen molar-refractivity contribution in [1.82, 2.24) is 14.7 Å². The second kappa shape index (κ2) is 3.19. The number of aromatic nitrogens is 3. The second-order valence-corrected chi connectivity index (χ2v) is 3.85. The highest BCUT2D eigenvalue weighted by molar-refractivity contribution is 5.86. The summed E-state index contributed by atoms with van der Waals surface area (Å²) in [5.74, 6) is 0.501. The van der Waals surface area contributed by atoms with Gasteiger partial charge in [0.2, 0.25) is 0 Å². The van der Waals surface area contributed by atoms with E-state index in [9.17, 15) is 10.0 Å². The van der Waals surface area contributed by atoms with Crippen molar-refractivity contribution in [3.8, 4) is 0 Å². The Kier molecular flexibility index (Phi) is 1.82. The summed E-state index contributed by atoms with van der Waals surface area (Å²) in [5.41, 5.74) is -0.486. The molecule has 0 saturated heterocycles. The highest BCUT2D eigenvalue weighted by Gasteiger charge is 2.23. The van der Waals surface area contributed by atoms with E-state index in [2.05, 4.69) is 15.3 Å². The minimum Gasteiger partial charge on any atom is -0.422 e. The van der Waals surface area contributed by atoms with Gasteiger partial charge in [0, 0.05) is 12.2 Å². The van der Waals surface area contributed by atoms with Gasteiger partial charge in [-0.3, -0.25) is 0 Å². The molecule has 0 amide bonds. The predicted octanol–water partition coefficient (Wildman–Crippen LogP) is 0.603. The number of rotatable bonds is 2. The van der Waals surface area contributed by atoms with Gasteiger partial charge < -0.3 is 10.5 Å². The number of anilines is 1. The number of fused-ring (bicyclic) bond motifs is 1. The number of nitrogens with one attached hydrogen (secondary N) is 1. The van der Waals surface area contributed by atoms with Crippen molar-refractivity contribution < 1.29 is 5.21 Å². The topological polar surface area (TPSA) is 80.0 Å². The Morgan fingerprint density at radius 2 is 2.31 bits per heavy atom. The number of hydrogen-bond donors (Lipinski definition) is 2. The molecular weight excluding hydrogens is 208 g/mol. The van der Waals surface area contributed by atoms with Gasteiger partial charge in [-0.25, -0.2) is 9.78 Å². The van der Waals surface area contributed by atoms with Crippen LogP contribution in [0.15, 0.2) is 23.1 Å². The number of pyridine rings is 1. The summed E-state index contributed by atoms with van der Waals surface area (Å²) in [6.45, 7) is 0. The smallest absolute Gasteiger partial charge is 0.384 e. The van der Waals surface area contributed by atoms with Crippen LogP contribution in [-0.4, -0.2) is 25.9 Å². The van der Waals surface area contributed by atoms with E-state index >= 15 is 0 Å². The molecule has 0 unspecified atom stereocenters. The van der Waals surface area contributed by atoms with Crippen LogP contribution in [0.2, 0.25) is 0 Å². The van der Waals surface area contributed by atoms with Gasteiger partial charge in [0.25, 0.3) is 0 Å². The highest BCUT2D eigenvalue weighted by Crippen LogP contribution is 2.26. The molecule has 3 rings (SSSR count). The Balaban J connectivity index is 2.26. The molecule has 0 radical (unpaired) electrons. The third-order valence-corrected chi connectivity index (χ3v) is 2.55. The zero-order valence-electron chi connectivity index (χ0n) is 8.42. The van der Waals surface area contributed by atoms with Crippen molar-refractivity contribution in [3.05, 3.63) is 28.8 Å². The Morgan fingerprint density at radius 1 is 1.50 bits per heavy atom. The van der Waals surface area contributed by atoms with Gasteiger partial charge >= 0.3 is 5.69 Å². The van der Waals surface area contributed by atoms with Crippen LogP contribution in [0.1, 0.15) is 12.8 Å². The summed E-state index contributed by atoms with van der Waals surface area (Å²) in [7, 11) is 0. The minimum absolute atomic E-state index is 0.227. The molecule has 0 spiro atoms. The summed E-state index contributed by atoms with van der Waals surface area (Å²) in [4.78, 5) is 19.1. The first-order valence-corrected chi connectivity index (χ1v) is 5.09. The molecule has 2 N–H and O–H groups in total. The molecule has 1 aliphatic carbocycles. The lowest BCUT2D eigenvalue weighted by Gasteiger charge is -2.07. The predicted molar refractivity (Wildman–Crippen MR) is 57.6 cm³/mol. The lowest BCUT2D eigenvalue weighted by atomic mass is 10.3. The summed E-state index contributed by atoms with van der Waals surface area (Å²) in [6, 6.07) is 3.91. The van der Waals surface area contributed by atoms with E-state index in [1.54, 1.807) is 12.1 Å². The van der Waals surface area contributed by atoms with Gasteiger partial charge in [0.05, 0.1) is 5.39 Å². The van der Waals surface area contributed by atoms with E-state index in [1.807, 2.05) is 0 Å². The van der Waals surface area contributed by atoms with Crippen molar-refractivity contribution in [2.75, 3.05) is 5.32 Å². The van der Waals surface area contributed by atoms with E-state index in [-0.39, 0.29) is 5.65 Å². The van der Waals surface area contributed by atoms with Crippen molar-refractivity contribution >= 4 is 16.9 Å². The van der Waals surface area contributed by atoms with Crippen LogP contribution in [0, 0.1) is 0 Å². The van der Waals surface area contributed by atoms with Crippen LogP contribution in [0.3, 0.4) is 0 Å². The Morgan fingerprint density at radius 3 is 3.06 bits per heavy atom. The largest absolute Gasteiger partial charge is 0.422 e. The van der Waals surface area contributed by atoms with Crippen LogP contribution >= 0.6 is 0 Å². The van der Waals surface area contributed by atoms with Gasteiger partial charge in [-0.2, -0.15) is 4.98 Å². The molecule has 0 atom stereocenters. The van der Waals surface area contributed by atoms with E-state index in [1.165, 1.54) is 6.20 Å². The maximum Gasteiger partial charge on any atom is 0.384 e. The van der Waals surface area contributed by atoms with Gasteiger partial charge in [-0.1, -0.05) is 0 Å². The van der Waals surface area contributed by atoms with Crippen molar-refractivity contribution in [2.45, 2.75) is 18.9 Å². The summed E-state index contributed by atoms with van der Waals surface area (Å²) < 4.78 is 0.466. The first-order valence-electron chi connectivity index (χ1n) is 5.09. The summed E-state index contributed by atoms with van der Waals surface area (Å²) in [6.07, 6.45) is 3.70. The summed E-state index contributed by atoms with van der Waals surface area (Å²) in [5, 5.41) is 13.3. The lowest BCUT2D eigenvalue weighted by molar-refractivity contribution is 0.182. The van der Waals surface area contributed by atoms with Crippen LogP contribution in [0.25, 0.3) is 11.0 Å². The first kappa shape index (κ1) is 9.14. The molecule has 6 heteroatoms. The lowest BCUT2D eigenvalue weighted by Crippen LogP contribution is -2.23. The van der Waals surface area contributed by atoms with Crippen molar-refractivity contribution in [1.29, 1.82) is 0 Å². The average Bonchev–Trinajstić information content (AvgIpc) is 3.10. The molecule has 82 valence electrons. The molecule has 0 bridgehead atoms. The zero-order valence-corrected chi connectivity index (χ0v) is 8.42. The third-order valence-electron chi connectivity index (χ3n) is 2.55. The fourth-order valence-electron chi connectivity index (χ4n) is 1.58. The third kappa shape index (κ3) is 1.39. The number of nitrogens with zero attached hydrogens (tertiary/aromatic N) is 3. The Labute approximate surface area is 90.5 Å². The molecule has 0 aromatic carbocycles. The van der Waals surface area contributed by atoms with Gasteiger partial charge in [0.1, 0.15) is 5.82 Å². The van der Waals surface area contributed by atoms with E-state index < -0.39 is 5.69 Å². The molecule has 1 aliphatic rings. The maximum absolute atomic E-state index is 11.4. The van der Waals surface area contributed by atoms with E-state index in [0.717, 1.165) is 12.8 Å². The Hall–Kier alpha value is -2.11. The van der Waals surface area contributed by atoms with Crippen LogP contribution in [0.5, 0.6) is 0 Å². The Bertz CT molecular complexity index is 603. The van der Waals surface area contributed by atoms with Gasteiger partial charge in [-0.15, -0.1) is 4.73 Å². The molecule has 2 heterocycles. The molecule has 1 fully saturated rings. The van der Waals surface area contributed by atoms with Crippen LogP contribution < -0.4 is 11.0 Å². The first-order chi connectivity index (χ1) is 7.75. The highest BCUT2D eigenvalue weighted by atomic mass is 16.5. The van der Waals surface area contributed by atoms with Crippen LogP contribution in [0.4, 0.5) is 5.82 Å². The summed E-state index contributed by atoms with van der Waals surface area (Å²) >= 11 is 0. The standard InChI is InChI=1S/C10H10N4O2/c15-10-13-8(12-6-3-4-6)7-2-1-5-11-9(7)14(10)16/h1-2,5-6,16H,3-4H2,(H,12,13,15).